The topological polar surface area (TPSA) is 49.0 Å². The Labute approximate surface area is 103 Å². The Kier molecular flexibility index (Phi) is 3.86. The van der Waals surface area contributed by atoms with Crippen molar-refractivity contribution >= 4 is 0 Å². The lowest BCUT2D eigenvalue weighted by atomic mass is 10.1. The predicted octanol–water partition coefficient (Wildman–Crippen LogP) is 3.18. The van der Waals surface area contributed by atoms with E-state index < -0.39 is 0 Å². The minimum absolute atomic E-state index is 0.272. The summed E-state index contributed by atoms with van der Waals surface area (Å²) in [5, 5.41) is 12.0. The second kappa shape index (κ2) is 5.37. The Hall–Kier alpha value is -1.27. The van der Waals surface area contributed by atoms with Gasteiger partial charge in [-0.05, 0) is 30.9 Å². The van der Waals surface area contributed by atoms with E-state index in [1.165, 1.54) is 6.42 Å². The molecule has 1 saturated carbocycles. The molecule has 1 aliphatic rings. The summed E-state index contributed by atoms with van der Waals surface area (Å²) in [7, 11) is 0. The molecule has 2 rings (SSSR count). The van der Waals surface area contributed by atoms with Crippen molar-refractivity contribution in [3.8, 4) is 6.07 Å². The van der Waals surface area contributed by atoms with Gasteiger partial charge in [-0.2, -0.15) is 5.26 Å². The number of nitrogens with zero attached hydrogens (tertiary/aromatic N) is 1. The van der Waals surface area contributed by atoms with Gasteiger partial charge in [0.25, 0.3) is 0 Å². The van der Waals surface area contributed by atoms with Crippen molar-refractivity contribution in [1.82, 2.24) is 5.32 Å². The van der Waals surface area contributed by atoms with Crippen LogP contribution in [0.2, 0.25) is 0 Å². The third-order valence-corrected chi connectivity index (χ3v) is 3.55. The molecule has 0 bridgehead atoms. The van der Waals surface area contributed by atoms with Gasteiger partial charge in [-0.15, -0.1) is 0 Å². The summed E-state index contributed by atoms with van der Waals surface area (Å²) in [6.07, 6.45) is 2.79. The molecule has 1 N–H and O–H groups in total. The fourth-order valence-corrected chi connectivity index (χ4v) is 2.12. The monoisotopic (exact) mass is 232 g/mol. The fraction of sp³-hybridized carbons (Fsp3) is 0.643. The van der Waals surface area contributed by atoms with E-state index in [2.05, 4.69) is 31.3 Å². The van der Waals surface area contributed by atoms with E-state index >= 15 is 0 Å². The van der Waals surface area contributed by atoms with Crippen LogP contribution in [-0.2, 0) is 6.54 Å². The smallest absolute Gasteiger partial charge is 0.117 e. The lowest BCUT2D eigenvalue weighted by Crippen LogP contribution is -2.27. The molecular weight excluding hydrogens is 212 g/mol. The van der Waals surface area contributed by atoms with E-state index in [0.29, 0.717) is 12.3 Å². The van der Waals surface area contributed by atoms with E-state index in [-0.39, 0.29) is 6.04 Å². The van der Waals surface area contributed by atoms with Crippen LogP contribution in [0, 0.1) is 17.2 Å². The van der Waals surface area contributed by atoms with Gasteiger partial charge in [-0.3, -0.25) is 0 Å². The maximum atomic E-state index is 8.67. The van der Waals surface area contributed by atoms with E-state index in [1.54, 1.807) is 0 Å². The molecule has 0 spiro atoms. The maximum Gasteiger partial charge on any atom is 0.117 e. The SMILES string of the molecule is CCC(CC#N)NCc1ccc(C2CC2C)o1. The molecule has 17 heavy (non-hydrogen) atoms. The molecular formula is C14H20N2O. The average Bonchev–Trinajstić information content (AvgIpc) is 2.89. The highest BCUT2D eigenvalue weighted by Gasteiger charge is 2.36. The van der Waals surface area contributed by atoms with Gasteiger partial charge in [0.05, 0.1) is 19.0 Å². The first-order valence-corrected chi connectivity index (χ1v) is 6.43. The van der Waals surface area contributed by atoms with Crippen molar-refractivity contribution in [2.75, 3.05) is 0 Å². The quantitative estimate of drug-likeness (QED) is 0.819. The van der Waals surface area contributed by atoms with Crippen LogP contribution in [0.4, 0.5) is 0 Å². The highest BCUT2D eigenvalue weighted by Crippen LogP contribution is 2.47. The van der Waals surface area contributed by atoms with Gasteiger partial charge < -0.3 is 9.73 Å². The van der Waals surface area contributed by atoms with Gasteiger partial charge >= 0.3 is 0 Å². The Bertz CT molecular complexity index is 405. The average molecular weight is 232 g/mol. The number of rotatable bonds is 6. The summed E-state index contributed by atoms with van der Waals surface area (Å²) in [6, 6.07) is 6.61. The fourth-order valence-electron chi connectivity index (χ4n) is 2.12. The van der Waals surface area contributed by atoms with Crippen molar-refractivity contribution in [3.63, 3.8) is 0 Å². The van der Waals surface area contributed by atoms with E-state index in [4.69, 9.17) is 9.68 Å². The van der Waals surface area contributed by atoms with Crippen molar-refractivity contribution in [1.29, 1.82) is 5.26 Å². The Morgan fingerprint density at radius 1 is 1.59 bits per heavy atom. The van der Waals surface area contributed by atoms with Crippen LogP contribution >= 0.6 is 0 Å². The van der Waals surface area contributed by atoms with Crippen LogP contribution < -0.4 is 5.32 Å². The summed E-state index contributed by atoms with van der Waals surface area (Å²) in [6.45, 7) is 5.07. The molecule has 3 unspecified atom stereocenters. The number of hydrogen-bond donors (Lipinski definition) is 1. The molecule has 3 nitrogen and oxygen atoms in total. The molecule has 0 amide bonds. The van der Waals surface area contributed by atoms with Crippen LogP contribution in [0.25, 0.3) is 0 Å². The molecule has 1 aliphatic carbocycles. The van der Waals surface area contributed by atoms with Crippen LogP contribution in [-0.4, -0.2) is 6.04 Å². The van der Waals surface area contributed by atoms with E-state index in [9.17, 15) is 0 Å². The number of nitriles is 1. The molecule has 1 aromatic heterocycles. The van der Waals surface area contributed by atoms with Gasteiger partial charge in [0, 0.05) is 12.0 Å². The van der Waals surface area contributed by atoms with Gasteiger partial charge in [0.1, 0.15) is 11.5 Å². The molecule has 3 atom stereocenters. The Morgan fingerprint density at radius 3 is 2.94 bits per heavy atom. The second-order valence-electron chi connectivity index (χ2n) is 4.97. The molecule has 92 valence electrons. The summed E-state index contributed by atoms with van der Waals surface area (Å²) in [5.74, 6) is 3.53. The first-order chi connectivity index (χ1) is 8.24. The minimum Gasteiger partial charge on any atom is -0.464 e. The molecule has 0 aliphatic heterocycles. The number of hydrogen-bond acceptors (Lipinski definition) is 3. The molecule has 1 heterocycles. The molecule has 3 heteroatoms. The minimum atomic E-state index is 0.272. The highest BCUT2D eigenvalue weighted by molar-refractivity contribution is 5.17. The van der Waals surface area contributed by atoms with Crippen molar-refractivity contribution in [2.45, 2.75) is 51.6 Å². The van der Waals surface area contributed by atoms with Gasteiger partial charge in [0.2, 0.25) is 0 Å². The molecule has 1 fully saturated rings. The van der Waals surface area contributed by atoms with Crippen LogP contribution in [0.1, 0.15) is 50.5 Å². The predicted molar refractivity (Wildman–Crippen MR) is 66.4 cm³/mol. The number of nitrogens with one attached hydrogen (secondary N) is 1. The zero-order chi connectivity index (χ0) is 12.3. The lowest BCUT2D eigenvalue weighted by molar-refractivity contribution is 0.417. The van der Waals surface area contributed by atoms with Crippen LogP contribution in [0.5, 0.6) is 0 Å². The summed E-state index contributed by atoms with van der Waals surface area (Å²) >= 11 is 0. The lowest BCUT2D eigenvalue weighted by Gasteiger charge is -2.11. The number of furan rings is 1. The van der Waals surface area contributed by atoms with E-state index in [0.717, 1.165) is 30.4 Å². The van der Waals surface area contributed by atoms with E-state index in [1.807, 2.05) is 6.07 Å². The molecule has 0 aromatic carbocycles. The van der Waals surface area contributed by atoms with Crippen molar-refractivity contribution < 1.29 is 4.42 Å². The van der Waals surface area contributed by atoms with Gasteiger partial charge in [-0.1, -0.05) is 13.8 Å². The maximum absolute atomic E-state index is 8.67. The van der Waals surface area contributed by atoms with Gasteiger partial charge in [-0.25, -0.2) is 0 Å². The summed E-state index contributed by atoms with van der Waals surface area (Å²) < 4.78 is 5.81. The normalized spacial score (nSPS) is 24.3. The Morgan fingerprint density at radius 2 is 2.35 bits per heavy atom. The first-order valence-electron chi connectivity index (χ1n) is 6.43. The van der Waals surface area contributed by atoms with Crippen molar-refractivity contribution in [3.05, 3.63) is 23.7 Å². The zero-order valence-electron chi connectivity index (χ0n) is 10.6. The van der Waals surface area contributed by atoms with Crippen LogP contribution in [0.3, 0.4) is 0 Å². The standard InChI is InChI=1S/C14H20N2O/c1-3-11(6-7-15)16-9-12-4-5-14(17-12)13-8-10(13)2/h4-5,10-11,13,16H,3,6,8-9H2,1-2H3. The third-order valence-electron chi connectivity index (χ3n) is 3.55. The molecule has 1 aromatic rings. The summed E-state index contributed by atoms with van der Waals surface area (Å²) in [5.41, 5.74) is 0. The first kappa shape index (κ1) is 12.2. The van der Waals surface area contributed by atoms with Crippen molar-refractivity contribution in [2.24, 2.45) is 5.92 Å². The third kappa shape index (κ3) is 3.10. The second-order valence-corrected chi connectivity index (χ2v) is 4.97. The zero-order valence-corrected chi connectivity index (χ0v) is 10.6. The molecule has 0 saturated heterocycles. The molecule has 0 radical (unpaired) electrons. The van der Waals surface area contributed by atoms with Gasteiger partial charge in [0.15, 0.2) is 0 Å². The Balaban J connectivity index is 1.82. The van der Waals surface area contributed by atoms with Crippen LogP contribution in [0.15, 0.2) is 16.5 Å². The largest absolute Gasteiger partial charge is 0.464 e. The highest BCUT2D eigenvalue weighted by atomic mass is 16.3. The summed E-state index contributed by atoms with van der Waals surface area (Å²) in [4.78, 5) is 0.